The predicted octanol–water partition coefficient (Wildman–Crippen LogP) is 3.68. The second kappa shape index (κ2) is 8.14. The maximum Gasteiger partial charge on any atom is 0.279 e. The molecule has 1 aromatic carbocycles. The van der Waals surface area contributed by atoms with Crippen molar-refractivity contribution < 1.29 is 14.3 Å². The number of fused-ring (bicyclic) bond motifs is 1. The number of hydrazine groups is 1. The maximum atomic E-state index is 12.4. The Morgan fingerprint density at radius 1 is 1.23 bits per heavy atom. The molecule has 1 heterocycles. The lowest BCUT2D eigenvalue weighted by molar-refractivity contribution is 0.0847. The van der Waals surface area contributed by atoms with Gasteiger partial charge in [-0.3, -0.25) is 20.4 Å². The monoisotopic (exact) mass is 390 g/mol. The molecule has 5 nitrogen and oxygen atoms in total. The molecule has 1 aliphatic carbocycles. The van der Waals surface area contributed by atoms with E-state index in [1.54, 1.807) is 23.9 Å². The molecule has 0 aliphatic heterocycles. The van der Waals surface area contributed by atoms with E-state index in [4.69, 9.17) is 4.74 Å². The van der Waals surface area contributed by atoms with Crippen LogP contribution in [0.5, 0.6) is 5.75 Å². The van der Waals surface area contributed by atoms with E-state index in [-0.39, 0.29) is 5.91 Å². The number of benzene rings is 1. The Kier molecular flexibility index (Phi) is 5.88. The Morgan fingerprint density at radius 3 is 2.73 bits per heavy atom. The number of ether oxygens (including phenoxy) is 1. The second-order valence-corrected chi connectivity index (χ2v) is 8.40. The van der Waals surface area contributed by atoms with Crippen LogP contribution in [0, 0.1) is 5.92 Å². The van der Waals surface area contributed by atoms with Crippen molar-refractivity contribution >= 4 is 34.9 Å². The summed E-state index contributed by atoms with van der Waals surface area (Å²) in [5.41, 5.74) is 6.63. The van der Waals surface area contributed by atoms with Gasteiger partial charge in [0.1, 0.15) is 5.75 Å². The van der Waals surface area contributed by atoms with E-state index in [2.05, 4.69) is 17.8 Å². The van der Waals surface area contributed by atoms with Gasteiger partial charge in [-0.1, -0.05) is 6.92 Å². The van der Waals surface area contributed by atoms with Gasteiger partial charge in [-0.2, -0.15) is 0 Å². The Hall–Kier alpha value is -1.99. The molecule has 0 saturated heterocycles. The molecule has 2 N–H and O–H groups in total. The first-order valence-corrected chi connectivity index (χ1v) is 10.5. The second-order valence-electron chi connectivity index (χ2n) is 6.38. The fourth-order valence-corrected chi connectivity index (χ4v) is 4.58. The number of carbonyl (C=O) groups is 2. The average Bonchev–Trinajstić information content (AvgIpc) is 3.08. The highest BCUT2D eigenvalue weighted by Crippen LogP contribution is 2.32. The fourth-order valence-electron chi connectivity index (χ4n) is 3.05. The molecule has 2 amide bonds. The summed E-state index contributed by atoms with van der Waals surface area (Å²) in [5.74, 6) is 0.441. The van der Waals surface area contributed by atoms with Crippen LogP contribution in [-0.2, 0) is 12.8 Å². The number of aryl methyl sites for hydroxylation is 1. The topological polar surface area (TPSA) is 67.4 Å². The van der Waals surface area contributed by atoms with Crippen LogP contribution in [0.4, 0.5) is 0 Å². The van der Waals surface area contributed by atoms with Crippen molar-refractivity contribution in [2.75, 3.05) is 13.4 Å². The highest BCUT2D eigenvalue weighted by molar-refractivity contribution is 7.98. The molecular weight excluding hydrogens is 368 g/mol. The van der Waals surface area contributed by atoms with Gasteiger partial charge in [-0.25, -0.2) is 0 Å². The van der Waals surface area contributed by atoms with Crippen LogP contribution < -0.4 is 15.6 Å². The number of thiophene rings is 1. The van der Waals surface area contributed by atoms with E-state index in [1.807, 2.05) is 18.4 Å². The summed E-state index contributed by atoms with van der Waals surface area (Å²) in [6.07, 6.45) is 5.16. The van der Waals surface area contributed by atoms with Gasteiger partial charge in [-0.15, -0.1) is 23.1 Å². The van der Waals surface area contributed by atoms with Gasteiger partial charge >= 0.3 is 0 Å². The largest absolute Gasteiger partial charge is 0.496 e. The SMILES string of the molecule is COc1cc(SC)ccc1C(=O)NNC(=O)c1cc2c(s1)CC[C@H](C)C2. The van der Waals surface area contributed by atoms with E-state index < -0.39 is 5.91 Å². The molecule has 0 radical (unpaired) electrons. The predicted molar refractivity (Wildman–Crippen MR) is 105 cm³/mol. The molecule has 1 aliphatic rings. The van der Waals surface area contributed by atoms with Crippen molar-refractivity contribution in [3.63, 3.8) is 0 Å². The Morgan fingerprint density at radius 2 is 2.00 bits per heavy atom. The highest BCUT2D eigenvalue weighted by atomic mass is 32.2. The molecule has 0 saturated carbocycles. The van der Waals surface area contributed by atoms with E-state index in [1.165, 1.54) is 28.9 Å². The third-order valence-corrected chi connectivity index (χ3v) is 6.46. The molecule has 0 spiro atoms. The molecule has 0 unspecified atom stereocenters. The normalized spacial score (nSPS) is 15.9. The zero-order valence-corrected chi connectivity index (χ0v) is 16.7. The Bertz CT molecular complexity index is 832. The van der Waals surface area contributed by atoms with Crippen LogP contribution in [-0.4, -0.2) is 25.2 Å². The molecule has 26 heavy (non-hydrogen) atoms. The van der Waals surface area contributed by atoms with Gasteiger partial charge in [-0.05, 0) is 61.3 Å². The molecule has 7 heteroatoms. The van der Waals surface area contributed by atoms with Crippen molar-refractivity contribution in [2.45, 2.75) is 31.1 Å². The van der Waals surface area contributed by atoms with Crippen LogP contribution in [0.15, 0.2) is 29.2 Å². The highest BCUT2D eigenvalue weighted by Gasteiger charge is 2.21. The van der Waals surface area contributed by atoms with Crippen LogP contribution in [0.2, 0.25) is 0 Å². The number of thioether (sulfide) groups is 1. The van der Waals surface area contributed by atoms with Crippen molar-refractivity contribution in [3.05, 3.63) is 45.1 Å². The maximum absolute atomic E-state index is 12.4. The van der Waals surface area contributed by atoms with Crippen molar-refractivity contribution in [1.82, 2.24) is 10.9 Å². The first-order chi connectivity index (χ1) is 12.5. The molecule has 0 fully saturated rings. The summed E-state index contributed by atoms with van der Waals surface area (Å²) >= 11 is 3.08. The summed E-state index contributed by atoms with van der Waals surface area (Å²) in [6, 6.07) is 7.29. The molecular formula is C19H22N2O3S2. The number of hydrogen-bond acceptors (Lipinski definition) is 5. The lowest BCUT2D eigenvalue weighted by atomic mass is 9.90. The summed E-state index contributed by atoms with van der Waals surface area (Å²) in [4.78, 5) is 27.7. The number of hydrogen-bond donors (Lipinski definition) is 2. The fraction of sp³-hybridized carbons (Fsp3) is 0.368. The van der Waals surface area contributed by atoms with Gasteiger partial charge in [0.15, 0.2) is 0 Å². The third-order valence-electron chi connectivity index (χ3n) is 4.50. The summed E-state index contributed by atoms with van der Waals surface area (Å²) in [5, 5.41) is 0. The average molecular weight is 391 g/mol. The van der Waals surface area contributed by atoms with E-state index in [0.29, 0.717) is 22.1 Å². The lowest BCUT2D eigenvalue weighted by Gasteiger charge is -2.16. The van der Waals surface area contributed by atoms with Gasteiger partial charge in [0.25, 0.3) is 11.8 Å². The van der Waals surface area contributed by atoms with Crippen LogP contribution >= 0.6 is 23.1 Å². The Labute approximate surface area is 161 Å². The zero-order valence-electron chi connectivity index (χ0n) is 15.0. The van der Waals surface area contributed by atoms with Crippen molar-refractivity contribution in [3.8, 4) is 5.75 Å². The molecule has 1 aromatic heterocycles. The minimum absolute atomic E-state index is 0.287. The van der Waals surface area contributed by atoms with Crippen LogP contribution in [0.3, 0.4) is 0 Å². The van der Waals surface area contributed by atoms with Gasteiger partial charge in [0.05, 0.1) is 17.6 Å². The molecule has 3 rings (SSSR count). The number of rotatable bonds is 4. The summed E-state index contributed by atoms with van der Waals surface area (Å²) in [7, 11) is 1.52. The number of carbonyl (C=O) groups excluding carboxylic acids is 2. The summed E-state index contributed by atoms with van der Waals surface area (Å²) in [6.45, 7) is 2.23. The van der Waals surface area contributed by atoms with Gasteiger partial charge in [0, 0.05) is 9.77 Å². The van der Waals surface area contributed by atoms with E-state index in [9.17, 15) is 9.59 Å². The molecule has 2 aromatic rings. The standard InChI is InChI=1S/C19H22N2O3S2/c1-11-4-7-16-12(8-11)9-17(26-16)19(23)21-20-18(22)14-6-5-13(25-3)10-15(14)24-2/h5-6,9-11H,4,7-8H2,1-3H3,(H,20,22)(H,21,23)/t11-/m0/s1. The molecule has 1 atom stereocenters. The minimum atomic E-state index is -0.405. The van der Waals surface area contributed by atoms with Crippen molar-refractivity contribution in [2.24, 2.45) is 5.92 Å². The first-order valence-electron chi connectivity index (χ1n) is 8.46. The van der Waals surface area contributed by atoms with Gasteiger partial charge in [0.2, 0.25) is 0 Å². The lowest BCUT2D eigenvalue weighted by Crippen LogP contribution is -2.41. The molecule has 0 bridgehead atoms. The third kappa shape index (κ3) is 4.04. The van der Waals surface area contributed by atoms with Gasteiger partial charge < -0.3 is 4.74 Å². The number of methoxy groups -OCH3 is 1. The number of nitrogens with one attached hydrogen (secondary N) is 2. The Balaban J connectivity index is 1.65. The minimum Gasteiger partial charge on any atom is -0.496 e. The van der Waals surface area contributed by atoms with Crippen LogP contribution in [0.1, 0.15) is 43.8 Å². The van der Waals surface area contributed by atoms with E-state index in [0.717, 1.165) is 24.2 Å². The van der Waals surface area contributed by atoms with Crippen molar-refractivity contribution in [1.29, 1.82) is 0 Å². The van der Waals surface area contributed by atoms with E-state index >= 15 is 0 Å². The zero-order chi connectivity index (χ0) is 18.7. The smallest absolute Gasteiger partial charge is 0.279 e. The quantitative estimate of drug-likeness (QED) is 0.617. The van der Waals surface area contributed by atoms with Crippen LogP contribution in [0.25, 0.3) is 0 Å². The number of amides is 2. The molecule has 138 valence electrons. The summed E-state index contributed by atoms with van der Waals surface area (Å²) < 4.78 is 5.28. The first kappa shape index (κ1) is 18.8.